The minimum Gasteiger partial charge on any atom is -0.506 e. The Balaban J connectivity index is 3.30. The van der Waals surface area contributed by atoms with Crippen LogP contribution in [0.25, 0.3) is 6.08 Å². The van der Waals surface area contributed by atoms with E-state index in [-0.39, 0.29) is 5.75 Å². The maximum atomic E-state index is 10.4. The van der Waals surface area contributed by atoms with Gasteiger partial charge in [-0.25, -0.2) is 4.79 Å². The van der Waals surface area contributed by atoms with Gasteiger partial charge >= 0.3 is 5.97 Å². The minimum absolute atomic E-state index is 0.196. The first-order valence-corrected chi connectivity index (χ1v) is 6.94. The molecule has 0 unspecified atom stereocenters. The van der Waals surface area contributed by atoms with Crippen molar-refractivity contribution in [3.63, 3.8) is 0 Å². The van der Waals surface area contributed by atoms with E-state index in [0.717, 1.165) is 18.8 Å². The van der Waals surface area contributed by atoms with E-state index in [1.165, 1.54) is 6.08 Å². The van der Waals surface area contributed by atoms with Crippen LogP contribution in [-0.2, 0) is 4.79 Å². The molecule has 6 heteroatoms. The van der Waals surface area contributed by atoms with Gasteiger partial charge in [0.2, 0.25) is 0 Å². The molecule has 0 aliphatic heterocycles. The molecule has 3 nitrogen and oxygen atoms in total. The van der Waals surface area contributed by atoms with Gasteiger partial charge in [-0.1, -0.05) is 0 Å². The van der Waals surface area contributed by atoms with E-state index in [0.29, 0.717) is 3.57 Å². The summed E-state index contributed by atoms with van der Waals surface area (Å²) in [5.41, 5.74) is 0.733. The lowest BCUT2D eigenvalue weighted by Gasteiger charge is -2.06. The van der Waals surface area contributed by atoms with Crippen LogP contribution < -0.4 is 0 Å². The SMILES string of the molecule is O=C(O)/C=C/c1c(I)cc(I)c(O)c1I. The average molecular weight is 542 g/mol. The molecular formula is C9H5I3O3. The Morgan fingerprint density at radius 2 is 1.87 bits per heavy atom. The van der Waals surface area contributed by atoms with Crippen LogP contribution in [0.15, 0.2) is 12.1 Å². The molecule has 0 saturated heterocycles. The first-order valence-electron chi connectivity index (χ1n) is 3.71. The van der Waals surface area contributed by atoms with E-state index in [4.69, 9.17) is 5.11 Å². The van der Waals surface area contributed by atoms with E-state index in [9.17, 15) is 9.90 Å². The van der Waals surface area contributed by atoms with Gasteiger partial charge in [0, 0.05) is 15.2 Å². The summed E-state index contributed by atoms with van der Waals surface area (Å²) in [4.78, 5) is 10.4. The summed E-state index contributed by atoms with van der Waals surface area (Å²) in [6.07, 6.45) is 2.55. The summed E-state index contributed by atoms with van der Waals surface area (Å²) in [6.45, 7) is 0. The molecule has 0 aromatic heterocycles. The van der Waals surface area contributed by atoms with Crippen molar-refractivity contribution in [3.8, 4) is 5.75 Å². The summed E-state index contributed by atoms with van der Waals surface area (Å²) in [7, 11) is 0. The second kappa shape index (κ2) is 5.66. The number of aromatic hydroxyl groups is 1. The van der Waals surface area contributed by atoms with Crippen molar-refractivity contribution in [3.05, 3.63) is 28.4 Å². The van der Waals surface area contributed by atoms with Crippen molar-refractivity contribution in [2.45, 2.75) is 0 Å². The van der Waals surface area contributed by atoms with Crippen LogP contribution in [0.2, 0.25) is 0 Å². The standard InChI is InChI=1S/C9H5I3O3/c10-5-3-6(11)9(15)8(12)4(5)1-2-7(13)14/h1-3,15H,(H,13,14)/b2-1+. The molecule has 0 atom stereocenters. The smallest absolute Gasteiger partial charge is 0.328 e. The first kappa shape index (κ1) is 13.5. The van der Waals surface area contributed by atoms with E-state index >= 15 is 0 Å². The van der Waals surface area contributed by atoms with Gasteiger partial charge in [0.1, 0.15) is 5.75 Å². The lowest BCUT2D eigenvalue weighted by Crippen LogP contribution is -1.92. The number of carbonyl (C=O) groups is 1. The number of hydrogen-bond acceptors (Lipinski definition) is 2. The largest absolute Gasteiger partial charge is 0.506 e. The fourth-order valence-corrected chi connectivity index (χ4v) is 4.63. The van der Waals surface area contributed by atoms with Gasteiger partial charge in [-0.05, 0) is 79.9 Å². The van der Waals surface area contributed by atoms with Gasteiger partial charge in [0.25, 0.3) is 0 Å². The summed E-state index contributed by atoms with van der Waals surface area (Å²) in [5.74, 6) is -0.804. The summed E-state index contributed by atoms with van der Waals surface area (Å²) in [6, 6.07) is 1.81. The monoisotopic (exact) mass is 542 g/mol. The molecule has 80 valence electrons. The zero-order chi connectivity index (χ0) is 11.6. The fourth-order valence-electron chi connectivity index (χ4n) is 0.902. The molecule has 1 aromatic rings. The van der Waals surface area contributed by atoms with Crippen molar-refractivity contribution < 1.29 is 15.0 Å². The number of phenolic OH excluding ortho intramolecular Hbond substituents is 1. The van der Waals surface area contributed by atoms with E-state index in [2.05, 4.69) is 22.6 Å². The van der Waals surface area contributed by atoms with E-state index < -0.39 is 5.97 Å². The van der Waals surface area contributed by atoms with Crippen LogP contribution in [0, 0.1) is 10.7 Å². The van der Waals surface area contributed by atoms with Crippen molar-refractivity contribution in [1.29, 1.82) is 0 Å². The van der Waals surface area contributed by atoms with Crippen LogP contribution in [0.4, 0.5) is 0 Å². The lowest BCUT2D eigenvalue weighted by atomic mass is 10.2. The number of phenols is 1. The van der Waals surface area contributed by atoms with Crippen LogP contribution in [-0.4, -0.2) is 16.2 Å². The zero-order valence-corrected chi connectivity index (χ0v) is 13.6. The summed E-state index contributed by atoms with van der Waals surface area (Å²) < 4.78 is 2.34. The molecule has 0 radical (unpaired) electrons. The third-order valence-corrected chi connectivity index (χ3v) is 4.38. The first-order chi connectivity index (χ1) is 6.93. The molecule has 0 spiro atoms. The third kappa shape index (κ3) is 3.44. The van der Waals surface area contributed by atoms with Gasteiger partial charge in [-0.2, -0.15) is 0 Å². The van der Waals surface area contributed by atoms with Gasteiger partial charge < -0.3 is 10.2 Å². The predicted octanol–water partition coefficient (Wildman–Crippen LogP) is 3.30. The topological polar surface area (TPSA) is 57.5 Å². The molecule has 2 N–H and O–H groups in total. The molecule has 0 bridgehead atoms. The minimum atomic E-state index is -1.00. The maximum Gasteiger partial charge on any atom is 0.328 e. The highest BCUT2D eigenvalue weighted by atomic mass is 127. The van der Waals surface area contributed by atoms with Crippen LogP contribution in [0.5, 0.6) is 5.75 Å². The highest BCUT2D eigenvalue weighted by Gasteiger charge is 2.11. The van der Waals surface area contributed by atoms with E-state index in [1.54, 1.807) is 6.07 Å². The molecule has 0 heterocycles. The van der Waals surface area contributed by atoms with Crippen LogP contribution in [0.1, 0.15) is 5.56 Å². The zero-order valence-electron chi connectivity index (χ0n) is 7.17. The number of benzene rings is 1. The van der Waals surface area contributed by atoms with Gasteiger partial charge in [-0.15, -0.1) is 0 Å². The lowest BCUT2D eigenvalue weighted by molar-refractivity contribution is -0.131. The number of carboxylic acid groups (broad SMARTS) is 1. The number of carboxylic acids is 1. The molecule has 0 aliphatic rings. The summed E-state index contributed by atoms with van der Waals surface area (Å²) in [5, 5.41) is 18.2. The highest BCUT2D eigenvalue weighted by Crippen LogP contribution is 2.33. The van der Waals surface area contributed by atoms with Crippen molar-refractivity contribution in [1.82, 2.24) is 0 Å². The van der Waals surface area contributed by atoms with Crippen LogP contribution >= 0.6 is 67.8 Å². The molecule has 0 aliphatic carbocycles. The molecule has 1 rings (SSSR count). The molecule has 0 saturated carbocycles. The fraction of sp³-hybridized carbons (Fsp3) is 0. The molecule has 1 aromatic carbocycles. The second-order valence-corrected chi connectivity index (χ2v) is 5.99. The Morgan fingerprint density at radius 1 is 1.27 bits per heavy atom. The normalized spacial score (nSPS) is 10.9. The molecular weight excluding hydrogens is 537 g/mol. The van der Waals surface area contributed by atoms with Crippen molar-refractivity contribution in [2.24, 2.45) is 0 Å². The van der Waals surface area contributed by atoms with Crippen LogP contribution in [0.3, 0.4) is 0 Å². The highest BCUT2D eigenvalue weighted by molar-refractivity contribution is 14.1. The Hall–Kier alpha value is 0.420. The number of aliphatic carboxylic acids is 1. The quantitative estimate of drug-likeness (QED) is 0.446. The van der Waals surface area contributed by atoms with Gasteiger partial charge in [0.05, 0.1) is 7.14 Å². The third-order valence-electron chi connectivity index (χ3n) is 1.57. The number of rotatable bonds is 2. The van der Waals surface area contributed by atoms with Gasteiger partial charge in [0.15, 0.2) is 0 Å². The molecule has 0 fully saturated rings. The maximum absolute atomic E-state index is 10.4. The Labute approximate surface area is 127 Å². The molecule has 15 heavy (non-hydrogen) atoms. The predicted molar refractivity (Wildman–Crippen MR) is 82.9 cm³/mol. The second-order valence-electron chi connectivity index (χ2n) is 2.59. The molecule has 0 amide bonds. The number of hydrogen-bond donors (Lipinski definition) is 2. The Morgan fingerprint density at radius 3 is 2.40 bits per heavy atom. The van der Waals surface area contributed by atoms with E-state index in [1.807, 2.05) is 45.2 Å². The van der Waals surface area contributed by atoms with Crippen molar-refractivity contribution >= 4 is 79.8 Å². The number of halogens is 3. The Bertz CT molecular complexity index is 441. The van der Waals surface area contributed by atoms with Crippen molar-refractivity contribution in [2.75, 3.05) is 0 Å². The Kier molecular flexibility index (Phi) is 5.09. The van der Waals surface area contributed by atoms with Gasteiger partial charge in [-0.3, -0.25) is 0 Å². The summed E-state index contributed by atoms with van der Waals surface area (Å²) >= 11 is 6.14. The average Bonchev–Trinajstić information content (AvgIpc) is 2.14.